The van der Waals surface area contributed by atoms with Crippen molar-refractivity contribution in [3.05, 3.63) is 77.7 Å². The van der Waals surface area contributed by atoms with Crippen LogP contribution < -0.4 is 15.0 Å². The van der Waals surface area contributed by atoms with E-state index in [0.29, 0.717) is 41.5 Å². The number of amides is 1. The Morgan fingerprint density at radius 2 is 1.80 bits per heavy atom. The van der Waals surface area contributed by atoms with Gasteiger partial charge in [0.15, 0.2) is 0 Å². The maximum atomic E-state index is 13.7. The van der Waals surface area contributed by atoms with Gasteiger partial charge in [0.1, 0.15) is 11.4 Å². The van der Waals surface area contributed by atoms with Gasteiger partial charge in [-0.15, -0.1) is 5.10 Å². The molecule has 0 spiro atoms. The number of pyridine rings is 1. The highest BCUT2D eigenvalue weighted by Gasteiger charge is 2.32. The van der Waals surface area contributed by atoms with E-state index in [2.05, 4.69) is 25.5 Å². The molecule has 1 aliphatic heterocycles. The standard InChI is InChI=1S/C28H28F3N7O2/c1-18-4-5-19(11-26(18)38-17-25(34-35-38)20-10-24(40-3)16-32-15-20)27(39)33-22-12-21(28(29,30)31)13-23(14-22)37-8-6-36(2)7-9-37/h4-5,10-17H,6-9H2,1-3H3,(H,33,39). The number of anilines is 2. The molecule has 1 fully saturated rings. The number of hydrogen-bond acceptors (Lipinski definition) is 7. The molecule has 2 aromatic heterocycles. The predicted molar refractivity (Wildman–Crippen MR) is 145 cm³/mol. The van der Waals surface area contributed by atoms with Crippen molar-refractivity contribution < 1.29 is 22.7 Å². The summed E-state index contributed by atoms with van der Waals surface area (Å²) < 4.78 is 47.9. The summed E-state index contributed by atoms with van der Waals surface area (Å²) in [5.41, 5.74) is 2.64. The molecular formula is C28H28F3N7O2. The highest BCUT2D eigenvalue weighted by atomic mass is 19.4. The summed E-state index contributed by atoms with van der Waals surface area (Å²) in [7, 11) is 3.52. The minimum atomic E-state index is -4.55. The van der Waals surface area contributed by atoms with Gasteiger partial charge in [-0.3, -0.25) is 9.78 Å². The average molecular weight is 552 g/mol. The summed E-state index contributed by atoms with van der Waals surface area (Å²) in [6.07, 6.45) is 0.371. The predicted octanol–water partition coefficient (Wildman–Crippen LogP) is 4.67. The Hall–Kier alpha value is -4.45. The van der Waals surface area contributed by atoms with Gasteiger partial charge in [0.05, 0.1) is 30.8 Å². The van der Waals surface area contributed by atoms with Crippen molar-refractivity contribution in [2.24, 2.45) is 0 Å². The van der Waals surface area contributed by atoms with E-state index in [9.17, 15) is 18.0 Å². The molecule has 0 aliphatic carbocycles. The van der Waals surface area contributed by atoms with E-state index in [0.717, 1.165) is 30.8 Å². The Morgan fingerprint density at radius 3 is 2.52 bits per heavy atom. The lowest BCUT2D eigenvalue weighted by Crippen LogP contribution is -2.44. The zero-order valence-corrected chi connectivity index (χ0v) is 22.2. The molecule has 0 radical (unpaired) electrons. The number of nitrogens with zero attached hydrogens (tertiary/aromatic N) is 6. The molecule has 40 heavy (non-hydrogen) atoms. The number of ether oxygens (including phenoxy) is 1. The SMILES string of the molecule is COc1cncc(-c2cn(-c3cc(C(=O)Nc4cc(N5CCN(C)CC5)cc(C(F)(F)F)c4)ccc3C)nn2)c1. The molecule has 1 saturated heterocycles. The van der Waals surface area contributed by atoms with Crippen LogP contribution in [0.2, 0.25) is 0 Å². The summed E-state index contributed by atoms with van der Waals surface area (Å²) in [5.74, 6) is 0.0366. The van der Waals surface area contributed by atoms with Crippen LogP contribution in [0, 0.1) is 6.92 Å². The molecule has 0 saturated carbocycles. The lowest BCUT2D eigenvalue weighted by Gasteiger charge is -2.34. The van der Waals surface area contributed by atoms with Gasteiger partial charge in [-0.25, -0.2) is 4.68 Å². The Labute approximate surface area is 229 Å². The largest absolute Gasteiger partial charge is 0.495 e. The van der Waals surface area contributed by atoms with Gasteiger partial charge in [-0.05, 0) is 55.9 Å². The van der Waals surface area contributed by atoms with Crippen molar-refractivity contribution in [1.82, 2.24) is 24.9 Å². The van der Waals surface area contributed by atoms with E-state index in [1.165, 1.54) is 4.68 Å². The maximum Gasteiger partial charge on any atom is 0.416 e. The van der Waals surface area contributed by atoms with E-state index in [1.807, 2.05) is 18.9 Å². The number of aromatic nitrogens is 4. The summed E-state index contributed by atoms with van der Waals surface area (Å²) >= 11 is 0. The molecule has 3 heterocycles. The van der Waals surface area contributed by atoms with Crippen LogP contribution in [0.25, 0.3) is 16.9 Å². The van der Waals surface area contributed by atoms with Crippen LogP contribution in [-0.4, -0.2) is 71.1 Å². The number of hydrogen-bond donors (Lipinski definition) is 1. The van der Waals surface area contributed by atoms with Crippen LogP contribution in [0.4, 0.5) is 24.5 Å². The summed E-state index contributed by atoms with van der Waals surface area (Å²) in [6.45, 7) is 4.53. The molecule has 1 aliphatic rings. The van der Waals surface area contributed by atoms with Gasteiger partial charge in [0, 0.05) is 54.9 Å². The Kier molecular flexibility index (Phi) is 7.44. The quantitative estimate of drug-likeness (QED) is 0.373. The number of methoxy groups -OCH3 is 1. The number of carbonyl (C=O) groups excluding carboxylic acids is 1. The van der Waals surface area contributed by atoms with E-state index >= 15 is 0 Å². The van der Waals surface area contributed by atoms with Gasteiger partial charge in [0.25, 0.3) is 5.91 Å². The summed E-state index contributed by atoms with van der Waals surface area (Å²) in [5, 5.41) is 11.1. The Morgan fingerprint density at radius 1 is 1.02 bits per heavy atom. The second-order valence-corrected chi connectivity index (χ2v) is 9.67. The van der Waals surface area contributed by atoms with Crippen molar-refractivity contribution in [2.45, 2.75) is 13.1 Å². The number of nitrogens with one attached hydrogen (secondary N) is 1. The normalized spacial score (nSPS) is 14.3. The maximum absolute atomic E-state index is 13.7. The van der Waals surface area contributed by atoms with Crippen LogP contribution in [0.1, 0.15) is 21.5 Å². The molecule has 1 amide bonds. The highest BCUT2D eigenvalue weighted by molar-refractivity contribution is 6.05. The smallest absolute Gasteiger partial charge is 0.416 e. The molecular weight excluding hydrogens is 523 g/mol. The molecule has 1 N–H and O–H groups in total. The molecule has 9 nitrogen and oxygen atoms in total. The van der Waals surface area contributed by atoms with Gasteiger partial charge in [0.2, 0.25) is 0 Å². The molecule has 4 aromatic rings. The first-order valence-corrected chi connectivity index (χ1v) is 12.6. The molecule has 0 unspecified atom stereocenters. The number of carbonyl (C=O) groups is 1. The van der Waals surface area contributed by atoms with Crippen LogP contribution in [0.3, 0.4) is 0 Å². The van der Waals surface area contributed by atoms with E-state index in [1.54, 1.807) is 56.0 Å². The highest BCUT2D eigenvalue weighted by Crippen LogP contribution is 2.35. The number of piperazine rings is 1. The molecule has 0 atom stereocenters. The first-order valence-electron chi connectivity index (χ1n) is 12.6. The minimum absolute atomic E-state index is 0.0736. The second-order valence-electron chi connectivity index (χ2n) is 9.67. The number of rotatable bonds is 6. The average Bonchev–Trinajstić information content (AvgIpc) is 3.43. The monoisotopic (exact) mass is 551 g/mol. The third-order valence-electron chi connectivity index (χ3n) is 6.83. The number of likely N-dealkylation sites (N-methyl/N-ethyl adjacent to an activating group) is 1. The fourth-order valence-electron chi connectivity index (χ4n) is 4.48. The van der Waals surface area contributed by atoms with Crippen molar-refractivity contribution in [3.63, 3.8) is 0 Å². The molecule has 5 rings (SSSR count). The van der Waals surface area contributed by atoms with Crippen LogP contribution in [0.15, 0.2) is 61.1 Å². The number of halogens is 3. The number of benzene rings is 2. The third kappa shape index (κ3) is 5.91. The fourth-order valence-corrected chi connectivity index (χ4v) is 4.48. The van der Waals surface area contributed by atoms with Crippen LogP contribution in [-0.2, 0) is 6.18 Å². The fraction of sp³-hybridized carbons (Fsp3) is 0.286. The summed E-state index contributed by atoms with van der Waals surface area (Å²) in [4.78, 5) is 21.4. The van der Waals surface area contributed by atoms with Crippen molar-refractivity contribution >= 4 is 17.3 Å². The van der Waals surface area contributed by atoms with Crippen LogP contribution in [0.5, 0.6) is 5.75 Å². The lowest BCUT2D eigenvalue weighted by atomic mass is 10.1. The Balaban J connectivity index is 1.41. The third-order valence-corrected chi connectivity index (χ3v) is 6.83. The van der Waals surface area contributed by atoms with Gasteiger partial charge in [-0.2, -0.15) is 13.2 Å². The van der Waals surface area contributed by atoms with Gasteiger partial charge < -0.3 is 19.9 Å². The van der Waals surface area contributed by atoms with E-state index in [4.69, 9.17) is 4.74 Å². The molecule has 0 bridgehead atoms. The van der Waals surface area contributed by atoms with Crippen molar-refractivity contribution in [1.29, 1.82) is 0 Å². The zero-order valence-electron chi connectivity index (χ0n) is 22.2. The number of aryl methyl sites for hydroxylation is 1. The topological polar surface area (TPSA) is 88.4 Å². The zero-order chi connectivity index (χ0) is 28.4. The molecule has 12 heteroatoms. The summed E-state index contributed by atoms with van der Waals surface area (Å²) in [6, 6.07) is 10.4. The van der Waals surface area contributed by atoms with Gasteiger partial charge in [-0.1, -0.05) is 11.3 Å². The first-order chi connectivity index (χ1) is 19.1. The lowest BCUT2D eigenvalue weighted by molar-refractivity contribution is -0.137. The van der Waals surface area contributed by atoms with Crippen molar-refractivity contribution in [3.8, 4) is 22.7 Å². The molecule has 208 valence electrons. The van der Waals surface area contributed by atoms with E-state index in [-0.39, 0.29) is 11.3 Å². The Bertz CT molecular complexity index is 1530. The minimum Gasteiger partial charge on any atom is -0.495 e. The number of alkyl halides is 3. The van der Waals surface area contributed by atoms with Gasteiger partial charge >= 0.3 is 6.18 Å². The second kappa shape index (κ2) is 11.0. The molecule has 2 aromatic carbocycles. The van der Waals surface area contributed by atoms with Crippen molar-refractivity contribution in [2.75, 3.05) is 50.6 Å². The van der Waals surface area contributed by atoms with Crippen LogP contribution >= 0.6 is 0 Å². The van der Waals surface area contributed by atoms with E-state index < -0.39 is 17.6 Å². The first kappa shape index (κ1) is 27.1.